The van der Waals surface area contributed by atoms with Crippen LogP contribution in [0.3, 0.4) is 0 Å². The van der Waals surface area contributed by atoms with Crippen LogP contribution < -0.4 is 0 Å². The van der Waals surface area contributed by atoms with E-state index in [0.717, 1.165) is 31.4 Å². The monoisotopic (exact) mass is 278 g/mol. The maximum absolute atomic E-state index is 10.2. The molecular weight excluding hydrogens is 252 g/mol. The van der Waals surface area contributed by atoms with Crippen molar-refractivity contribution in [1.82, 2.24) is 0 Å². The number of ether oxygens (including phenoxy) is 2. The van der Waals surface area contributed by atoms with Gasteiger partial charge in [0.25, 0.3) is 0 Å². The van der Waals surface area contributed by atoms with Crippen LogP contribution in [-0.4, -0.2) is 30.5 Å². The van der Waals surface area contributed by atoms with E-state index < -0.39 is 6.10 Å². The van der Waals surface area contributed by atoms with E-state index in [-0.39, 0.29) is 6.10 Å². The molecule has 1 N–H and O–H groups in total. The van der Waals surface area contributed by atoms with Gasteiger partial charge in [0, 0.05) is 6.61 Å². The smallest absolute Gasteiger partial charge is 0.103 e. The number of rotatable bonds is 5. The van der Waals surface area contributed by atoms with Crippen LogP contribution >= 0.6 is 0 Å². The van der Waals surface area contributed by atoms with Gasteiger partial charge >= 0.3 is 0 Å². The average molecular weight is 278 g/mol. The standard InChI is InChI=1S/C17H26O3/c18-16(14-19-13-15-9-5-4-6-10-15)17-11-7-2-1-3-8-12-20-17/h4-6,9-10,16-18H,1-3,7-8,11-14H2/t16-,17+/m0/s1. The van der Waals surface area contributed by atoms with Crippen LogP contribution in [-0.2, 0) is 16.1 Å². The molecule has 1 heterocycles. The number of hydrogen-bond donors (Lipinski definition) is 1. The number of aliphatic hydroxyl groups is 1. The lowest BCUT2D eigenvalue weighted by atomic mass is 10.1. The van der Waals surface area contributed by atoms with Gasteiger partial charge in [0.1, 0.15) is 6.10 Å². The highest BCUT2D eigenvalue weighted by Gasteiger charge is 2.20. The fourth-order valence-electron chi connectivity index (χ4n) is 2.58. The molecule has 0 saturated carbocycles. The Labute approximate surface area is 121 Å². The van der Waals surface area contributed by atoms with Gasteiger partial charge in [0.05, 0.1) is 19.3 Å². The summed E-state index contributed by atoms with van der Waals surface area (Å²) in [4.78, 5) is 0. The summed E-state index contributed by atoms with van der Waals surface area (Å²) in [5.74, 6) is 0. The molecule has 2 atom stereocenters. The molecule has 1 aromatic carbocycles. The summed E-state index contributed by atoms with van der Waals surface area (Å²) in [6, 6.07) is 10.0. The Balaban J connectivity index is 1.70. The zero-order chi connectivity index (χ0) is 14.0. The van der Waals surface area contributed by atoms with Crippen LogP contribution in [0.4, 0.5) is 0 Å². The van der Waals surface area contributed by atoms with Gasteiger partial charge < -0.3 is 14.6 Å². The van der Waals surface area contributed by atoms with E-state index in [2.05, 4.69) is 0 Å². The van der Waals surface area contributed by atoms with Crippen molar-refractivity contribution in [3.05, 3.63) is 35.9 Å². The van der Waals surface area contributed by atoms with Gasteiger partial charge in [-0.2, -0.15) is 0 Å². The van der Waals surface area contributed by atoms with E-state index in [1.54, 1.807) is 0 Å². The maximum Gasteiger partial charge on any atom is 0.103 e. The van der Waals surface area contributed by atoms with Crippen molar-refractivity contribution in [2.24, 2.45) is 0 Å². The molecule has 20 heavy (non-hydrogen) atoms. The van der Waals surface area contributed by atoms with Crippen molar-refractivity contribution in [2.75, 3.05) is 13.2 Å². The Morgan fingerprint density at radius 1 is 1.10 bits per heavy atom. The van der Waals surface area contributed by atoms with E-state index in [0.29, 0.717) is 13.2 Å². The fraction of sp³-hybridized carbons (Fsp3) is 0.647. The van der Waals surface area contributed by atoms with Gasteiger partial charge in [-0.05, 0) is 18.4 Å². The van der Waals surface area contributed by atoms with Gasteiger partial charge in [-0.1, -0.05) is 56.0 Å². The van der Waals surface area contributed by atoms with Gasteiger partial charge in [-0.3, -0.25) is 0 Å². The molecule has 0 unspecified atom stereocenters. The third kappa shape index (κ3) is 5.61. The van der Waals surface area contributed by atoms with E-state index in [4.69, 9.17) is 9.47 Å². The topological polar surface area (TPSA) is 38.7 Å². The predicted octanol–water partition coefficient (Wildman–Crippen LogP) is 3.30. The Bertz CT molecular complexity index is 343. The number of hydrogen-bond acceptors (Lipinski definition) is 3. The average Bonchev–Trinajstić information content (AvgIpc) is 2.62. The molecule has 0 aromatic heterocycles. The lowest BCUT2D eigenvalue weighted by Crippen LogP contribution is -2.33. The van der Waals surface area contributed by atoms with Gasteiger partial charge in [-0.15, -0.1) is 0 Å². The van der Waals surface area contributed by atoms with E-state index in [9.17, 15) is 5.11 Å². The molecule has 0 bridgehead atoms. The fourth-order valence-corrected chi connectivity index (χ4v) is 2.58. The summed E-state index contributed by atoms with van der Waals surface area (Å²) in [5, 5.41) is 10.2. The quantitative estimate of drug-likeness (QED) is 0.898. The minimum Gasteiger partial charge on any atom is -0.388 e. The van der Waals surface area contributed by atoms with Crippen molar-refractivity contribution >= 4 is 0 Å². The van der Waals surface area contributed by atoms with Gasteiger partial charge in [0.15, 0.2) is 0 Å². The summed E-state index contributed by atoms with van der Waals surface area (Å²) in [6.45, 7) is 1.66. The first-order chi connectivity index (χ1) is 9.86. The highest BCUT2D eigenvalue weighted by Crippen LogP contribution is 2.16. The molecule has 112 valence electrons. The molecule has 2 rings (SSSR count). The largest absolute Gasteiger partial charge is 0.388 e. The molecule has 1 aliphatic heterocycles. The molecule has 1 fully saturated rings. The van der Waals surface area contributed by atoms with E-state index in [1.165, 1.54) is 19.3 Å². The van der Waals surface area contributed by atoms with Crippen LogP contribution in [0.25, 0.3) is 0 Å². The Kier molecular flexibility index (Phi) is 7.06. The van der Waals surface area contributed by atoms with Crippen LogP contribution in [0, 0.1) is 0 Å². The SMILES string of the molecule is O[C@@H](COCc1ccccc1)[C@H]1CCCCCCCO1. The second-order valence-electron chi connectivity index (χ2n) is 5.53. The summed E-state index contributed by atoms with van der Waals surface area (Å²) in [5.41, 5.74) is 1.13. The lowest BCUT2D eigenvalue weighted by Gasteiger charge is -2.22. The molecule has 1 aliphatic rings. The zero-order valence-electron chi connectivity index (χ0n) is 12.2. The Hall–Kier alpha value is -0.900. The van der Waals surface area contributed by atoms with Crippen molar-refractivity contribution in [2.45, 2.75) is 57.3 Å². The van der Waals surface area contributed by atoms with E-state index >= 15 is 0 Å². The molecule has 3 heteroatoms. The predicted molar refractivity (Wildman–Crippen MR) is 79.5 cm³/mol. The first-order valence-corrected chi connectivity index (χ1v) is 7.77. The third-order valence-electron chi connectivity index (χ3n) is 3.79. The van der Waals surface area contributed by atoms with Crippen LogP contribution in [0.15, 0.2) is 30.3 Å². The Morgan fingerprint density at radius 2 is 1.85 bits per heavy atom. The normalized spacial score (nSPS) is 22.6. The summed E-state index contributed by atoms with van der Waals surface area (Å²) in [7, 11) is 0. The number of benzene rings is 1. The molecule has 3 nitrogen and oxygen atoms in total. The number of aliphatic hydroxyl groups excluding tert-OH is 1. The van der Waals surface area contributed by atoms with Crippen molar-refractivity contribution in [3.8, 4) is 0 Å². The van der Waals surface area contributed by atoms with Crippen LogP contribution in [0.2, 0.25) is 0 Å². The molecule has 0 spiro atoms. The van der Waals surface area contributed by atoms with Crippen molar-refractivity contribution in [1.29, 1.82) is 0 Å². The van der Waals surface area contributed by atoms with E-state index in [1.807, 2.05) is 30.3 Å². The minimum absolute atomic E-state index is 0.0659. The third-order valence-corrected chi connectivity index (χ3v) is 3.79. The summed E-state index contributed by atoms with van der Waals surface area (Å²) < 4.78 is 11.4. The Morgan fingerprint density at radius 3 is 2.70 bits per heavy atom. The van der Waals surface area contributed by atoms with Crippen LogP contribution in [0.5, 0.6) is 0 Å². The van der Waals surface area contributed by atoms with Crippen molar-refractivity contribution in [3.63, 3.8) is 0 Å². The summed E-state index contributed by atoms with van der Waals surface area (Å²) >= 11 is 0. The first kappa shape index (κ1) is 15.5. The highest BCUT2D eigenvalue weighted by atomic mass is 16.5. The molecule has 0 aliphatic carbocycles. The molecule has 1 saturated heterocycles. The second kappa shape index (κ2) is 9.11. The van der Waals surface area contributed by atoms with Crippen molar-refractivity contribution < 1.29 is 14.6 Å². The van der Waals surface area contributed by atoms with Gasteiger partial charge in [-0.25, -0.2) is 0 Å². The molecular formula is C17H26O3. The minimum atomic E-state index is -0.517. The first-order valence-electron chi connectivity index (χ1n) is 7.77. The lowest BCUT2D eigenvalue weighted by molar-refractivity contribution is -0.0777. The zero-order valence-corrected chi connectivity index (χ0v) is 12.2. The molecule has 0 amide bonds. The highest BCUT2D eigenvalue weighted by molar-refractivity contribution is 5.13. The van der Waals surface area contributed by atoms with Gasteiger partial charge in [0.2, 0.25) is 0 Å². The molecule has 1 aromatic rings. The second-order valence-corrected chi connectivity index (χ2v) is 5.53. The van der Waals surface area contributed by atoms with Crippen LogP contribution in [0.1, 0.15) is 44.1 Å². The maximum atomic E-state index is 10.2. The molecule has 0 radical (unpaired) electrons. The summed E-state index contributed by atoms with van der Waals surface area (Å²) in [6.07, 6.45) is 6.38.